The Morgan fingerprint density at radius 2 is 2.18 bits per heavy atom. The lowest BCUT2D eigenvalue weighted by atomic mass is 10.6. The Kier molecular flexibility index (Phi) is 5.28. The van der Waals surface area contributed by atoms with E-state index in [9.17, 15) is 9.18 Å². The Labute approximate surface area is 70.5 Å². The molecule has 0 heterocycles. The minimum Gasteiger partial charge on any atom is -0.463 e. The summed E-state index contributed by atoms with van der Waals surface area (Å²) < 4.78 is 17.2. The van der Waals surface area contributed by atoms with Crippen LogP contribution < -0.4 is 0 Å². The Balaban J connectivity index is 3.64. The molecule has 0 rings (SSSR count). The van der Waals surface area contributed by atoms with E-state index in [1.54, 1.807) is 6.92 Å². The summed E-state index contributed by atoms with van der Waals surface area (Å²) in [5.74, 6) is -0.772. The predicted molar refractivity (Wildman–Crippen MR) is 44.3 cm³/mol. The van der Waals surface area contributed by atoms with Gasteiger partial charge in [0, 0.05) is 5.25 Å². The number of ether oxygens (including phenoxy) is 1. The molecule has 0 bridgehead atoms. The second kappa shape index (κ2) is 5.41. The number of esters is 1. The van der Waals surface area contributed by atoms with Gasteiger partial charge in [-0.1, -0.05) is 13.8 Å². The monoisotopic (exact) mass is 180 g/mol. The van der Waals surface area contributed by atoms with Crippen molar-refractivity contribution in [3.8, 4) is 0 Å². The van der Waals surface area contributed by atoms with Crippen molar-refractivity contribution in [1.29, 1.82) is 0 Å². The summed E-state index contributed by atoms with van der Waals surface area (Å²) in [4.78, 5) is 10.7. The number of halogens is 1. The molecule has 0 aromatic heterocycles. The maximum absolute atomic E-state index is 12.7. The summed E-state index contributed by atoms with van der Waals surface area (Å²) in [6.07, 6.45) is 0. The van der Waals surface area contributed by atoms with Gasteiger partial charge in [-0.05, 0) is 6.92 Å². The van der Waals surface area contributed by atoms with Gasteiger partial charge in [0.2, 0.25) is 5.50 Å². The molecule has 0 saturated carbocycles. The third-order valence-electron chi connectivity index (χ3n) is 0.864. The van der Waals surface area contributed by atoms with Crippen LogP contribution in [0.15, 0.2) is 0 Å². The van der Waals surface area contributed by atoms with Gasteiger partial charge >= 0.3 is 5.97 Å². The summed E-state index contributed by atoms with van der Waals surface area (Å²) in [6.45, 7) is 5.55. The van der Waals surface area contributed by atoms with Crippen molar-refractivity contribution < 1.29 is 13.9 Å². The second-order valence-electron chi connectivity index (χ2n) is 2.25. The molecule has 0 fully saturated rings. The number of carbonyl (C=O) groups excluding carboxylic acids is 1. The molecule has 0 spiro atoms. The lowest BCUT2D eigenvalue weighted by Crippen LogP contribution is -2.17. The number of hydrogen-bond donors (Lipinski definition) is 0. The van der Waals surface area contributed by atoms with Crippen molar-refractivity contribution in [1.82, 2.24) is 0 Å². The van der Waals surface area contributed by atoms with Crippen molar-refractivity contribution in [2.75, 3.05) is 6.61 Å². The minimum absolute atomic E-state index is 0.106. The molecule has 0 amide bonds. The first-order chi connectivity index (χ1) is 5.07. The van der Waals surface area contributed by atoms with Crippen LogP contribution in [0.5, 0.6) is 0 Å². The van der Waals surface area contributed by atoms with E-state index in [2.05, 4.69) is 4.74 Å². The average Bonchev–Trinajstić information content (AvgIpc) is 1.86. The summed E-state index contributed by atoms with van der Waals surface area (Å²) in [5, 5.41) is 0.106. The molecule has 0 aliphatic heterocycles. The van der Waals surface area contributed by atoms with Crippen molar-refractivity contribution in [2.24, 2.45) is 0 Å². The quantitative estimate of drug-likeness (QED) is 0.619. The smallest absolute Gasteiger partial charge is 0.351 e. The molecule has 0 saturated heterocycles. The van der Waals surface area contributed by atoms with Gasteiger partial charge in [-0.2, -0.15) is 0 Å². The van der Waals surface area contributed by atoms with Gasteiger partial charge in [-0.3, -0.25) is 0 Å². The van der Waals surface area contributed by atoms with E-state index in [1.165, 1.54) is 0 Å². The van der Waals surface area contributed by atoms with Crippen LogP contribution in [0.3, 0.4) is 0 Å². The molecular formula is C7H13FO2S. The van der Waals surface area contributed by atoms with Crippen LogP contribution in [0.4, 0.5) is 4.39 Å². The summed E-state index contributed by atoms with van der Waals surface area (Å²) in [6, 6.07) is 0. The SMILES string of the molecule is CCOC(=O)C(F)SC(C)C. The molecule has 0 aromatic rings. The number of alkyl halides is 1. The molecule has 0 aromatic carbocycles. The van der Waals surface area contributed by atoms with Gasteiger partial charge in [0.1, 0.15) is 0 Å². The van der Waals surface area contributed by atoms with Gasteiger partial charge < -0.3 is 4.74 Å². The van der Waals surface area contributed by atoms with Gasteiger partial charge in [-0.15, -0.1) is 11.8 Å². The van der Waals surface area contributed by atoms with Crippen LogP contribution in [0.2, 0.25) is 0 Å². The summed E-state index contributed by atoms with van der Waals surface area (Å²) >= 11 is 0.961. The molecular weight excluding hydrogens is 167 g/mol. The highest BCUT2D eigenvalue weighted by atomic mass is 32.2. The number of hydrogen-bond acceptors (Lipinski definition) is 3. The van der Waals surface area contributed by atoms with E-state index in [0.717, 1.165) is 11.8 Å². The zero-order valence-electron chi connectivity index (χ0n) is 6.96. The molecule has 66 valence electrons. The van der Waals surface area contributed by atoms with E-state index >= 15 is 0 Å². The number of rotatable bonds is 4. The van der Waals surface area contributed by atoms with Crippen LogP contribution in [0.1, 0.15) is 20.8 Å². The highest BCUT2D eigenvalue weighted by molar-refractivity contribution is 8.00. The third kappa shape index (κ3) is 5.07. The van der Waals surface area contributed by atoms with Crippen molar-refractivity contribution in [3.63, 3.8) is 0 Å². The highest BCUT2D eigenvalue weighted by Gasteiger charge is 2.19. The maximum Gasteiger partial charge on any atom is 0.351 e. The first kappa shape index (κ1) is 10.8. The van der Waals surface area contributed by atoms with E-state index in [0.29, 0.717) is 0 Å². The van der Waals surface area contributed by atoms with Crippen molar-refractivity contribution in [3.05, 3.63) is 0 Å². The van der Waals surface area contributed by atoms with Crippen molar-refractivity contribution in [2.45, 2.75) is 31.5 Å². The van der Waals surface area contributed by atoms with Crippen LogP contribution >= 0.6 is 11.8 Å². The second-order valence-corrected chi connectivity index (χ2v) is 3.88. The third-order valence-corrected chi connectivity index (χ3v) is 1.84. The molecule has 2 nitrogen and oxygen atoms in total. The lowest BCUT2D eigenvalue weighted by molar-refractivity contribution is -0.145. The van der Waals surface area contributed by atoms with Gasteiger partial charge in [0.25, 0.3) is 0 Å². The topological polar surface area (TPSA) is 26.3 Å². The summed E-state index contributed by atoms with van der Waals surface area (Å²) in [5.41, 5.74) is -1.53. The van der Waals surface area contributed by atoms with Crippen molar-refractivity contribution >= 4 is 17.7 Å². The Bertz CT molecular complexity index is 128. The normalized spacial score (nSPS) is 13.2. The number of thioether (sulfide) groups is 1. The van der Waals surface area contributed by atoms with Crippen LogP contribution in [0, 0.1) is 0 Å². The molecule has 4 heteroatoms. The zero-order chi connectivity index (χ0) is 8.85. The molecule has 0 aliphatic carbocycles. The maximum atomic E-state index is 12.7. The molecule has 0 aliphatic rings. The predicted octanol–water partition coefficient (Wildman–Crippen LogP) is 1.99. The molecule has 11 heavy (non-hydrogen) atoms. The first-order valence-electron chi connectivity index (χ1n) is 3.54. The number of carbonyl (C=O) groups is 1. The molecule has 1 unspecified atom stereocenters. The highest BCUT2D eigenvalue weighted by Crippen LogP contribution is 2.19. The Hall–Kier alpha value is -0.250. The van der Waals surface area contributed by atoms with Gasteiger partial charge in [-0.25, -0.2) is 9.18 Å². The minimum atomic E-state index is -1.53. The summed E-state index contributed by atoms with van der Waals surface area (Å²) in [7, 11) is 0. The fourth-order valence-electron chi connectivity index (χ4n) is 0.502. The standard InChI is InChI=1S/C7H13FO2S/c1-4-10-7(9)6(8)11-5(2)3/h5-6H,4H2,1-3H3. The molecule has 0 N–H and O–H groups in total. The largest absolute Gasteiger partial charge is 0.463 e. The average molecular weight is 180 g/mol. The molecule has 0 radical (unpaired) electrons. The molecule has 1 atom stereocenters. The van der Waals surface area contributed by atoms with E-state index in [4.69, 9.17) is 0 Å². The van der Waals surface area contributed by atoms with Crippen LogP contribution in [-0.4, -0.2) is 23.3 Å². The zero-order valence-corrected chi connectivity index (χ0v) is 7.78. The van der Waals surface area contributed by atoms with Gasteiger partial charge in [0.15, 0.2) is 0 Å². The van der Waals surface area contributed by atoms with Gasteiger partial charge in [0.05, 0.1) is 6.61 Å². The Morgan fingerprint density at radius 3 is 2.55 bits per heavy atom. The fraction of sp³-hybridized carbons (Fsp3) is 0.857. The first-order valence-corrected chi connectivity index (χ1v) is 4.48. The van der Waals surface area contributed by atoms with Crippen LogP contribution in [0.25, 0.3) is 0 Å². The van der Waals surface area contributed by atoms with E-state index in [1.807, 2.05) is 13.8 Å². The van der Waals surface area contributed by atoms with E-state index < -0.39 is 11.5 Å². The fourth-order valence-corrected chi connectivity index (χ4v) is 1.16. The van der Waals surface area contributed by atoms with Crippen LogP contribution in [-0.2, 0) is 9.53 Å². The van der Waals surface area contributed by atoms with E-state index in [-0.39, 0.29) is 11.9 Å². The lowest BCUT2D eigenvalue weighted by Gasteiger charge is -2.08. The Morgan fingerprint density at radius 1 is 1.64 bits per heavy atom.